The van der Waals surface area contributed by atoms with Crippen LogP contribution in [0.4, 0.5) is 5.69 Å². The lowest BCUT2D eigenvalue weighted by Crippen LogP contribution is -2.13. The molecule has 0 spiro atoms. The second kappa shape index (κ2) is 9.58. The maximum atomic E-state index is 12.7. The summed E-state index contributed by atoms with van der Waals surface area (Å²) in [5, 5.41) is 0.717. The van der Waals surface area contributed by atoms with Crippen molar-refractivity contribution in [3.8, 4) is 17.2 Å². The smallest absolute Gasteiger partial charge is 0.187 e. The van der Waals surface area contributed by atoms with Crippen molar-refractivity contribution in [2.75, 3.05) is 32.5 Å². The van der Waals surface area contributed by atoms with Gasteiger partial charge < -0.3 is 14.2 Å². The minimum Gasteiger partial charge on any atom is -0.497 e. The van der Waals surface area contributed by atoms with Gasteiger partial charge in [0, 0.05) is 5.56 Å². The summed E-state index contributed by atoms with van der Waals surface area (Å²) in [4.78, 5) is 17.3. The average molecular weight is 428 g/mol. The molecule has 1 aromatic heterocycles. The first-order valence-corrected chi connectivity index (χ1v) is 10.3. The third kappa shape index (κ3) is 4.71. The Kier molecular flexibility index (Phi) is 6.89. The quantitative estimate of drug-likeness (QED) is 0.401. The van der Waals surface area contributed by atoms with Crippen LogP contribution in [0.25, 0.3) is 0 Å². The number of aryl methyl sites for hydroxylation is 1. The summed E-state index contributed by atoms with van der Waals surface area (Å²) in [6.07, 6.45) is 0. The number of methoxy groups -OCH3 is 3. The molecule has 1 N–H and O–H groups in total. The molecule has 8 heteroatoms. The molecule has 3 aromatic rings. The molecule has 0 aliphatic carbocycles. The Hall–Kier alpha value is -3.13. The number of carbonyl (C=O) groups is 1. The van der Waals surface area contributed by atoms with Gasteiger partial charge in [-0.25, -0.2) is 9.66 Å². The first-order valence-electron chi connectivity index (χ1n) is 9.32. The first kappa shape index (κ1) is 21.6. The number of thioether (sulfide) groups is 1. The largest absolute Gasteiger partial charge is 0.497 e. The zero-order chi connectivity index (χ0) is 21.7. The van der Waals surface area contributed by atoms with Gasteiger partial charge in [-0.15, -0.1) is 0 Å². The molecule has 0 saturated heterocycles. The van der Waals surface area contributed by atoms with Crippen molar-refractivity contribution in [1.82, 2.24) is 9.66 Å². The lowest BCUT2D eigenvalue weighted by Gasteiger charge is -2.13. The van der Waals surface area contributed by atoms with E-state index in [2.05, 4.69) is 10.4 Å². The van der Waals surface area contributed by atoms with Crippen molar-refractivity contribution in [1.29, 1.82) is 0 Å². The zero-order valence-corrected chi connectivity index (χ0v) is 18.5. The molecule has 0 fully saturated rings. The fraction of sp³-hybridized carbons (Fsp3) is 0.273. The van der Waals surface area contributed by atoms with Crippen LogP contribution in [0, 0.1) is 13.8 Å². The summed E-state index contributed by atoms with van der Waals surface area (Å²) in [6, 6.07) is 12.8. The predicted octanol–water partition coefficient (Wildman–Crippen LogP) is 4.38. The number of hydrogen-bond donors (Lipinski definition) is 1. The summed E-state index contributed by atoms with van der Waals surface area (Å²) in [5.41, 5.74) is 6.68. The maximum absolute atomic E-state index is 12.7. The van der Waals surface area contributed by atoms with E-state index in [0.717, 1.165) is 28.0 Å². The number of nitrogens with one attached hydrogen (secondary N) is 1. The molecule has 2 aromatic carbocycles. The molecule has 1 heterocycles. The normalized spacial score (nSPS) is 10.6. The number of carbonyl (C=O) groups excluding carboxylic acids is 1. The fourth-order valence-electron chi connectivity index (χ4n) is 2.83. The predicted molar refractivity (Wildman–Crippen MR) is 118 cm³/mol. The van der Waals surface area contributed by atoms with Crippen LogP contribution >= 0.6 is 11.8 Å². The molecule has 0 radical (unpaired) electrons. The number of anilines is 1. The van der Waals surface area contributed by atoms with E-state index in [1.165, 1.54) is 11.8 Å². The third-order valence-electron chi connectivity index (χ3n) is 4.68. The lowest BCUT2D eigenvalue weighted by atomic mass is 10.1. The SMILES string of the molecule is COc1ccc(Nn2c(SCC(=O)c3ccc(OC)c(OC)c3)nc(C)c2C)cc1. The zero-order valence-electron chi connectivity index (χ0n) is 17.7. The summed E-state index contributed by atoms with van der Waals surface area (Å²) in [5.74, 6) is 2.13. The highest BCUT2D eigenvalue weighted by Gasteiger charge is 2.16. The van der Waals surface area contributed by atoms with Gasteiger partial charge in [-0.2, -0.15) is 0 Å². The van der Waals surface area contributed by atoms with Crippen LogP contribution in [-0.4, -0.2) is 42.5 Å². The van der Waals surface area contributed by atoms with Crippen molar-refractivity contribution in [2.24, 2.45) is 0 Å². The van der Waals surface area contributed by atoms with Gasteiger partial charge in [0.2, 0.25) is 0 Å². The number of ether oxygens (including phenoxy) is 3. The fourth-order valence-corrected chi connectivity index (χ4v) is 3.77. The molecule has 0 aliphatic heterocycles. The van der Waals surface area contributed by atoms with Gasteiger partial charge in [0.1, 0.15) is 5.75 Å². The maximum Gasteiger partial charge on any atom is 0.187 e. The number of rotatable bonds is 9. The van der Waals surface area contributed by atoms with Crippen LogP contribution in [0.2, 0.25) is 0 Å². The highest BCUT2D eigenvalue weighted by molar-refractivity contribution is 7.99. The van der Waals surface area contributed by atoms with Crippen LogP contribution in [0.1, 0.15) is 21.7 Å². The van der Waals surface area contributed by atoms with E-state index in [0.29, 0.717) is 17.1 Å². The molecule has 0 bridgehead atoms. The third-order valence-corrected chi connectivity index (χ3v) is 5.62. The number of nitrogens with zero attached hydrogens (tertiary/aromatic N) is 2. The standard InChI is InChI=1S/C22H25N3O4S/c1-14-15(2)25(24-17-7-9-18(27-3)10-8-17)22(23-14)30-13-19(26)16-6-11-20(28-4)21(12-16)29-5/h6-12,24H,13H2,1-5H3. The van der Waals surface area contributed by atoms with Gasteiger partial charge in [-0.1, -0.05) is 11.8 Å². The van der Waals surface area contributed by atoms with Crippen molar-refractivity contribution in [3.05, 3.63) is 59.4 Å². The van der Waals surface area contributed by atoms with Gasteiger partial charge in [-0.3, -0.25) is 10.2 Å². The number of Topliss-reactive ketones (excluding diaryl/α,β-unsaturated/α-hetero) is 1. The molecule has 0 aliphatic rings. The Morgan fingerprint density at radius 3 is 2.33 bits per heavy atom. The molecule has 3 rings (SSSR count). The number of ketones is 1. The van der Waals surface area contributed by atoms with Crippen LogP contribution in [-0.2, 0) is 0 Å². The lowest BCUT2D eigenvalue weighted by molar-refractivity contribution is 0.102. The Bertz CT molecular complexity index is 1030. The van der Waals surface area contributed by atoms with Crippen LogP contribution in [0.5, 0.6) is 17.2 Å². The number of hydrogen-bond acceptors (Lipinski definition) is 7. The van der Waals surface area contributed by atoms with Crippen LogP contribution in [0.3, 0.4) is 0 Å². The highest BCUT2D eigenvalue weighted by atomic mass is 32.2. The van der Waals surface area contributed by atoms with Gasteiger partial charge >= 0.3 is 0 Å². The van der Waals surface area contributed by atoms with E-state index in [4.69, 9.17) is 14.2 Å². The Morgan fingerprint density at radius 2 is 1.70 bits per heavy atom. The van der Waals surface area contributed by atoms with Gasteiger partial charge in [0.05, 0.1) is 44.2 Å². The van der Waals surface area contributed by atoms with E-state index >= 15 is 0 Å². The van der Waals surface area contributed by atoms with E-state index in [9.17, 15) is 4.79 Å². The topological polar surface area (TPSA) is 74.6 Å². The molecular formula is C22H25N3O4S. The van der Waals surface area contributed by atoms with Crippen LogP contribution in [0.15, 0.2) is 47.6 Å². The average Bonchev–Trinajstić information content (AvgIpc) is 3.05. The summed E-state index contributed by atoms with van der Waals surface area (Å²) >= 11 is 1.38. The number of imidazole rings is 1. The molecule has 0 saturated carbocycles. The van der Waals surface area contributed by atoms with Crippen LogP contribution < -0.4 is 19.6 Å². The minimum atomic E-state index is -0.0183. The second-order valence-electron chi connectivity index (χ2n) is 6.52. The minimum absolute atomic E-state index is 0.0183. The highest BCUT2D eigenvalue weighted by Crippen LogP contribution is 2.29. The number of benzene rings is 2. The van der Waals surface area contributed by atoms with Crippen molar-refractivity contribution >= 4 is 23.2 Å². The van der Waals surface area contributed by atoms with E-state index in [-0.39, 0.29) is 11.5 Å². The van der Waals surface area contributed by atoms with E-state index < -0.39 is 0 Å². The molecule has 0 unspecified atom stereocenters. The monoisotopic (exact) mass is 427 g/mol. The molecule has 158 valence electrons. The van der Waals surface area contributed by atoms with Gasteiger partial charge in [0.15, 0.2) is 22.4 Å². The number of aromatic nitrogens is 2. The van der Waals surface area contributed by atoms with E-state index in [1.807, 2.05) is 42.8 Å². The van der Waals surface area contributed by atoms with E-state index in [1.54, 1.807) is 39.5 Å². The summed E-state index contributed by atoms with van der Waals surface area (Å²) in [6.45, 7) is 3.93. The molecular weight excluding hydrogens is 402 g/mol. The van der Waals surface area contributed by atoms with Crippen molar-refractivity contribution in [3.63, 3.8) is 0 Å². The molecule has 0 atom stereocenters. The van der Waals surface area contributed by atoms with Crippen molar-refractivity contribution in [2.45, 2.75) is 19.0 Å². The first-order chi connectivity index (χ1) is 14.5. The van der Waals surface area contributed by atoms with Gasteiger partial charge in [0.25, 0.3) is 0 Å². The molecule has 7 nitrogen and oxygen atoms in total. The summed E-state index contributed by atoms with van der Waals surface area (Å²) in [7, 11) is 4.75. The molecule has 30 heavy (non-hydrogen) atoms. The van der Waals surface area contributed by atoms with Gasteiger partial charge in [-0.05, 0) is 56.3 Å². The second-order valence-corrected chi connectivity index (χ2v) is 7.47. The Balaban J connectivity index is 1.75. The molecule has 0 amide bonds. The van der Waals surface area contributed by atoms with Crippen molar-refractivity contribution < 1.29 is 19.0 Å². The summed E-state index contributed by atoms with van der Waals surface area (Å²) < 4.78 is 17.6. The Morgan fingerprint density at radius 1 is 1.00 bits per heavy atom. The Labute approximate surface area is 180 Å².